The lowest BCUT2D eigenvalue weighted by Gasteiger charge is -2.20. The van der Waals surface area contributed by atoms with E-state index < -0.39 is 0 Å². The van der Waals surface area contributed by atoms with Gasteiger partial charge in [0.15, 0.2) is 5.69 Å². The third-order valence-electron chi connectivity index (χ3n) is 3.17. The Morgan fingerprint density at radius 2 is 1.86 bits per heavy atom. The Labute approximate surface area is 124 Å². The van der Waals surface area contributed by atoms with Crippen molar-refractivity contribution >= 4 is 5.84 Å². The zero-order valence-corrected chi connectivity index (χ0v) is 12.8. The van der Waals surface area contributed by atoms with E-state index >= 15 is 0 Å². The number of aryl methyl sites for hydroxylation is 1. The number of nitrogens with one attached hydrogen (secondary N) is 1. The van der Waals surface area contributed by atoms with Gasteiger partial charge in [0.1, 0.15) is 11.6 Å². The number of nitrogens with zero attached hydrogens (tertiary/aromatic N) is 2. The van der Waals surface area contributed by atoms with Gasteiger partial charge in [-0.2, -0.15) is 0 Å². The van der Waals surface area contributed by atoms with Crippen molar-refractivity contribution in [2.24, 2.45) is 5.73 Å². The van der Waals surface area contributed by atoms with E-state index in [1.54, 1.807) is 0 Å². The first-order chi connectivity index (χ1) is 9.79. The van der Waals surface area contributed by atoms with Gasteiger partial charge in [-0.15, -0.1) is 0 Å². The van der Waals surface area contributed by atoms with Crippen LogP contribution >= 0.6 is 0 Å². The van der Waals surface area contributed by atoms with Crippen molar-refractivity contribution in [1.29, 1.82) is 5.41 Å². The summed E-state index contributed by atoms with van der Waals surface area (Å²) in [6.07, 6.45) is 3.00. The van der Waals surface area contributed by atoms with E-state index in [4.69, 9.17) is 15.9 Å². The molecule has 0 fully saturated rings. The number of hydrogen-bond donors (Lipinski definition) is 2. The van der Waals surface area contributed by atoms with E-state index in [1.807, 2.05) is 19.1 Å². The molecule has 0 aliphatic heterocycles. The average Bonchev–Trinajstić information content (AvgIpc) is 2.40. The van der Waals surface area contributed by atoms with E-state index in [9.17, 15) is 0 Å². The molecular weight excluding hydrogens is 264 g/mol. The topological polar surface area (TPSA) is 84.9 Å². The first kappa shape index (κ1) is 15.0. The lowest BCUT2D eigenvalue weighted by atomic mass is 9.86. The van der Waals surface area contributed by atoms with Crippen LogP contribution in [0.4, 0.5) is 0 Å². The Balaban J connectivity index is 2.35. The molecular formula is C16H20N4O. The van der Waals surface area contributed by atoms with Crippen molar-refractivity contribution < 1.29 is 4.74 Å². The molecule has 0 saturated carbocycles. The van der Waals surface area contributed by atoms with Gasteiger partial charge in [-0.05, 0) is 29.5 Å². The highest BCUT2D eigenvalue weighted by Crippen LogP contribution is 2.30. The van der Waals surface area contributed by atoms with Crippen LogP contribution in [0.15, 0.2) is 30.6 Å². The fraction of sp³-hybridized carbons (Fsp3) is 0.312. The summed E-state index contributed by atoms with van der Waals surface area (Å²) in [6, 6.07) is 6.04. The molecule has 21 heavy (non-hydrogen) atoms. The van der Waals surface area contributed by atoms with Crippen LogP contribution in [0.2, 0.25) is 0 Å². The molecule has 0 unspecified atom stereocenters. The molecule has 0 radical (unpaired) electrons. The largest absolute Gasteiger partial charge is 0.437 e. The van der Waals surface area contributed by atoms with Crippen LogP contribution in [-0.2, 0) is 5.41 Å². The molecule has 5 heteroatoms. The Bertz CT molecular complexity index is 674. The summed E-state index contributed by atoms with van der Waals surface area (Å²) in [5, 5.41) is 7.51. The standard InChI is InChI=1S/C16H20N4O/c1-10-9-11(16(2,3)4)5-6-12(10)21-15-13(14(17)18)19-7-8-20-15/h5-9H,1-4H3,(H3,17,18). The molecule has 0 spiro atoms. The monoisotopic (exact) mass is 284 g/mol. The van der Waals surface area contributed by atoms with Crippen LogP contribution in [0.1, 0.15) is 37.6 Å². The van der Waals surface area contributed by atoms with Crippen LogP contribution < -0.4 is 10.5 Å². The van der Waals surface area contributed by atoms with Crippen molar-refractivity contribution in [3.05, 3.63) is 47.4 Å². The second-order valence-electron chi connectivity index (χ2n) is 5.96. The smallest absolute Gasteiger partial charge is 0.249 e. The fourth-order valence-electron chi connectivity index (χ4n) is 1.92. The maximum absolute atomic E-state index is 7.51. The molecule has 110 valence electrons. The molecule has 0 atom stereocenters. The summed E-state index contributed by atoms with van der Waals surface area (Å²) in [6.45, 7) is 8.48. The van der Waals surface area contributed by atoms with E-state index in [1.165, 1.54) is 18.0 Å². The number of benzene rings is 1. The number of nitrogen functional groups attached to an aromatic ring is 1. The highest BCUT2D eigenvalue weighted by atomic mass is 16.5. The third kappa shape index (κ3) is 3.37. The molecule has 0 bridgehead atoms. The van der Waals surface area contributed by atoms with Crippen molar-refractivity contribution in [1.82, 2.24) is 9.97 Å². The molecule has 2 aromatic rings. The minimum absolute atomic E-state index is 0.0837. The van der Waals surface area contributed by atoms with Crippen LogP contribution in [0, 0.1) is 12.3 Å². The Morgan fingerprint density at radius 1 is 1.19 bits per heavy atom. The van der Waals surface area contributed by atoms with Crippen LogP contribution in [0.25, 0.3) is 0 Å². The molecule has 0 aliphatic rings. The maximum Gasteiger partial charge on any atom is 0.249 e. The lowest BCUT2D eigenvalue weighted by Crippen LogP contribution is -2.15. The molecule has 0 saturated heterocycles. The molecule has 1 aromatic carbocycles. The maximum atomic E-state index is 7.51. The van der Waals surface area contributed by atoms with Gasteiger partial charge in [-0.25, -0.2) is 9.97 Å². The second-order valence-corrected chi connectivity index (χ2v) is 5.96. The van der Waals surface area contributed by atoms with Gasteiger partial charge in [-0.3, -0.25) is 5.41 Å². The van der Waals surface area contributed by atoms with E-state index in [-0.39, 0.29) is 22.8 Å². The highest BCUT2D eigenvalue weighted by Gasteiger charge is 2.16. The number of rotatable bonds is 3. The number of hydrogen-bond acceptors (Lipinski definition) is 4. The molecule has 2 rings (SSSR count). The van der Waals surface area contributed by atoms with Crippen molar-refractivity contribution in [3.63, 3.8) is 0 Å². The van der Waals surface area contributed by atoms with E-state index in [0.29, 0.717) is 5.75 Å². The first-order valence-corrected chi connectivity index (χ1v) is 6.73. The summed E-state index contributed by atoms with van der Waals surface area (Å²) >= 11 is 0. The average molecular weight is 284 g/mol. The summed E-state index contributed by atoms with van der Waals surface area (Å²) in [4.78, 5) is 8.13. The molecule has 5 nitrogen and oxygen atoms in total. The van der Waals surface area contributed by atoms with Gasteiger partial charge in [0.25, 0.3) is 0 Å². The normalized spacial score (nSPS) is 11.2. The summed E-state index contributed by atoms with van der Waals surface area (Å²) in [5.74, 6) is 0.768. The molecule has 0 aliphatic carbocycles. The number of nitrogens with two attached hydrogens (primary N) is 1. The number of amidine groups is 1. The summed E-state index contributed by atoms with van der Waals surface area (Å²) in [5.41, 5.74) is 8.06. The lowest BCUT2D eigenvalue weighted by molar-refractivity contribution is 0.454. The fourth-order valence-corrected chi connectivity index (χ4v) is 1.92. The van der Waals surface area contributed by atoms with Gasteiger partial charge in [0.2, 0.25) is 5.88 Å². The van der Waals surface area contributed by atoms with Gasteiger partial charge < -0.3 is 10.5 Å². The Kier molecular flexibility index (Phi) is 3.93. The van der Waals surface area contributed by atoms with E-state index in [0.717, 1.165) is 5.56 Å². The molecule has 0 amide bonds. The van der Waals surface area contributed by atoms with Crippen LogP contribution in [0.3, 0.4) is 0 Å². The van der Waals surface area contributed by atoms with Crippen molar-refractivity contribution in [2.75, 3.05) is 0 Å². The van der Waals surface area contributed by atoms with Gasteiger partial charge in [0, 0.05) is 12.4 Å². The Morgan fingerprint density at radius 3 is 2.43 bits per heavy atom. The predicted molar refractivity (Wildman–Crippen MR) is 83.0 cm³/mol. The number of ether oxygens (including phenoxy) is 1. The second kappa shape index (κ2) is 5.52. The van der Waals surface area contributed by atoms with Gasteiger partial charge in [0.05, 0.1) is 0 Å². The minimum atomic E-state index is -0.165. The Hall–Kier alpha value is -2.43. The predicted octanol–water partition coefficient (Wildman–Crippen LogP) is 3.16. The van der Waals surface area contributed by atoms with Crippen LogP contribution in [0.5, 0.6) is 11.6 Å². The highest BCUT2D eigenvalue weighted by molar-refractivity contribution is 5.95. The minimum Gasteiger partial charge on any atom is -0.437 e. The van der Waals surface area contributed by atoms with Crippen molar-refractivity contribution in [2.45, 2.75) is 33.1 Å². The van der Waals surface area contributed by atoms with Gasteiger partial charge >= 0.3 is 0 Å². The summed E-state index contributed by atoms with van der Waals surface area (Å²) in [7, 11) is 0. The third-order valence-corrected chi connectivity index (χ3v) is 3.17. The number of aromatic nitrogens is 2. The van der Waals surface area contributed by atoms with Crippen molar-refractivity contribution in [3.8, 4) is 11.6 Å². The molecule has 3 N–H and O–H groups in total. The first-order valence-electron chi connectivity index (χ1n) is 6.73. The SMILES string of the molecule is Cc1cc(C(C)(C)C)ccc1Oc1nccnc1C(=N)N. The molecule has 1 heterocycles. The zero-order chi connectivity index (χ0) is 15.6. The zero-order valence-electron chi connectivity index (χ0n) is 12.8. The summed E-state index contributed by atoms with van der Waals surface area (Å²) < 4.78 is 5.77. The van der Waals surface area contributed by atoms with E-state index in [2.05, 4.69) is 36.8 Å². The molecule has 1 aromatic heterocycles. The van der Waals surface area contributed by atoms with Gasteiger partial charge in [-0.1, -0.05) is 32.9 Å². The quantitative estimate of drug-likeness (QED) is 0.669. The van der Waals surface area contributed by atoms with Crippen LogP contribution in [-0.4, -0.2) is 15.8 Å².